The molecule has 0 unspecified atom stereocenters. The Kier molecular flexibility index (Phi) is 2.82. The van der Waals surface area contributed by atoms with Gasteiger partial charge in [0.05, 0.1) is 17.6 Å². The standard InChI is InChI=1S/C10H9BrN2O3/c1-2-16-10(15)13-8-5-6(11)3-4-7(8)12-9(13)14/h3-5H,2H2,1H3,(H,12,14). The molecule has 0 saturated heterocycles. The van der Waals surface area contributed by atoms with Gasteiger partial charge in [-0.15, -0.1) is 0 Å². The zero-order valence-corrected chi connectivity index (χ0v) is 10.1. The molecule has 1 aromatic heterocycles. The molecule has 16 heavy (non-hydrogen) atoms. The number of fused-ring (bicyclic) bond motifs is 1. The van der Waals surface area contributed by atoms with E-state index in [4.69, 9.17) is 4.74 Å². The van der Waals surface area contributed by atoms with Gasteiger partial charge in [0.15, 0.2) is 0 Å². The summed E-state index contributed by atoms with van der Waals surface area (Å²) in [6.07, 6.45) is -0.670. The van der Waals surface area contributed by atoms with Gasteiger partial charge in [0.25, 0.3) is 0 Å². The van der Waals surface area contributed by atoms with Gasteiger partial charge in [-0.3, -0.25) is 0 Å². The maximum atomic E-state index is 11.6. The van der Waals surface area contributed by atoms with E-state index in [-0.39, 0.29) is 6.61 Å². The minimum atomic E-state index is -0.670. The number of halogens is 1. The van der Waals surface area contributed by atoms with E-state index in [2.05, 4.69) is 20.9 Å². The summed E-state index contributed by atoms with van der Waals surface area (Å²) in [6, 6.07) is 5.19. The van der Waals surface area contributed by atoms with Crippen molar-refractivity contribution in [3.63, 3.8) is 0 Å². The van der Waals surface area contributed by atoms with Crippen LogP contribution in [-0.4, -0.2) is 22.3 Å². The average molecular weight is 285 g/mol. The van der Waals surface area contributed by atoms with E-state index in [9.17, 15) is 9.59 Å². The van der Waals surface area contributed by atoms with E-state index >= 15 is 0 Å². The fourth-order valence-corrected chi connectivity index (χ4v) is 1.79. The summed E-state index contributed by atoms with van der Waals surface area (Å²) in [4.78, 5) is 25.7. The van der Waals surface area contributed by atoms with Gasteiger partial charge >= 0.3 is 11.8 Å². The Bertz CT molecular complexity index is 600. The van der Waals surface area contributed by atoms with Crippen LogP contribution in [0.1, 0.15) is 6.92 Å². The smallest absolute Gasteiger partial charge is 0.422 e. The van der Waals surface area contributed by atoms with Crippen LogP contribution in [0.15, 0.2) is 27.5 Å². The third-order valence-corrected chi connectivity index (χ3v) is 2.59. The molecule has 84 valence electrons. The van der Waals surface area contributed by atoms with Crippen molar-refractivity contribution in [2.45, 2.75) is 6.92 Å². The fourth-order valence-electron chi connectivity index (χ4n) is 1.45. The number of aromatic amines is 1. The first-order chi connectivity index (χ1) is 7.63. The van der Waals surface area contributed by atoms with Crippen LogP contribution in [0.2, 0.25) is 0 Å². The molecule has 1 aromatic carbocycles. The second kappa shape index (κ2) is 4.13. The third kappa shape index (κ3) is 1.76. The molecule has 1 heterocycles. The van der Waals surface area contributed by atoms with E-state index in [0.29, 0.717) is 11.0 Å². The molecule has 2 aromatic rings. The number of hydrogen-bond acceptors (Lipinski definition) is 3. The number of ether oxygens (including phenoxy) is 1. The van der Waals surface area contributed by atoms with Crippen LogP contribution in [0, 0.1) is 0 Å². The van der Waals surface area contributed by atoms with Gasteiger partial charge in [-0.05, 0) is 25.1 Å². The van der Waals surface area contributed by atoms with E-state index in [0.717, 1.165) is 9.04 Å². The van der Waals surface area contributed by atoms with Gasteiger partial charge in [0.2, 0.25) is 0 Å². The summed E-state index contributed by atoms with van der Waals surface area (Å²) in [5.41, 5.74) is 0.602. The number of imidazole rings is 1. The lowest BCUT2D eigenvalue weighted by Gasteiger charge is -2.01. The van der Waals surface area contributed by atoms with Crippen molar-refractivity contribution in [2.24, 2.45) is 0 Å². The lowest BCUT2D eigenvalue weighted by molar-refractivity contribution is 0.154. The highest BCUT2D eigenvalue weighted by Gasteiger charge is 2.14. The molecule has 0 radical (unpaired) electrons. The molecular weight excluding hydrogens is 276 g/mol. The van der Waals surface area contributed by atoms with Crippen LogP contribution in [-0.2, 0) is 4.74 Å². The van der Waals surface area contributed by atoms with Gasteiger partial charge in [0, 0.05) is 4.47 Å². The number of nitrogens with one attached hydrogen (secondary N) is 1. The molecule has 2 rings (SSSR count). The molecular formula is C10H9BrN2O3. The fraction of sp³-hybridized carbons (Fsp3) is 0.200. The maximum absolute atomic E-state index is 11.6. The van der Waals surface area contributed by atoms with E-state index in [1.54, 1.807) is 25.1 Å². The Morgan fingerprint density at radius 1 is 1.56 bits per heavy atom. The number of rotatable bonds is 1. The topological polar surface area (TPSA) is 64.1 Å². The van der Waals surface area contributed by atoms with Gasteiger partial charge in [-0.1, -0.05) is 15.9 Å². The first-order valence-electron chi connectivity index (χ1n) is 4.71. The molecule has 0 atom stereocenters. The normalized spacial score (nSPS) is 10.6. The Hall–Kier alpha value is -1.56. The predicted molar refractivity (Wildman–Crippen MR) is 62.7 cm³/mol. The summed E-state index contributed by atoms with van der Waals surface area (Å²) in [5, 5.41) is 0. The quantitative estimate of drug-likeness (QED) is 0.872. The van der Waals surface area contributed by atoms with Crippen molar-refractivity contribution in [3.8, 4) is 0 Å². The zero-order valence-electron chi connectivity index (χ0n) is 8.49. The molecule has 6 heteroatoms. The molecule has 5 nitrogen and oxygen atoms in total. The van der Waals surface area contributed by atoms with Crippen molar-refractivity contribution in [1.82, 2.24) is 9.55 Å². The number of hydrogen-bond donors (Lipinski definition) is 1. The van der Waals surface area contributed by atoms with Crippen LogP contribution >= 0.6 is 15.9 Å². The SMILES string of the molecule is CCOC(=O)n1c(=O)[nH]c2ccc(Br)cc21. The van der Waals surface area contributed by atoms with Gasteiger partial charge in [-0.2, -0.15) is 4.57 Å². The van der Waals surface area contributed by atoms with Gasteiger partial charge in [0.1, 0.15) is 0 Å². The van der Waals surface area contributed by atoms with E-state index in [1.165, 1.54) is 0 Å². The van der Waals surface area contributed by atoms with Crippen LogP contribution < -0.4 is 5.69 Å². The molecule has 0 saturated carbocycles. The lowest BCUT2D eigenvalue weighted by Crippen LogP contribution is -2.25. The number of H-pyrrole nitrogens is 1. The molecule has 0 aliphatic carbocycles. The van der Waals surface area contributed by atoms with Crippen LogP contribution in [0.5, 0.6) is 0 Å². The predicted octanol–water partition coefficient (Wildman–Crippen LogP) is 2.10. The van der Waals surface area contributed by atoms with Crippen LogP contribution in [0.4, 0.5) is 4.79 Å². The minimum Gasteiger partial charge on any atom is -0.449 e. The number of benzene rings is 1. The molecule has 0 aliphatic rings. The molecule has 0 fully saturated rings. The third-order valence-electron chi connectivity index (χ3n) is 2.10. The molecule has 0 spiro atoms. The number of carbonyl (C=O) groups is 1. The second-order valence-corrected chi connectivity index (χ2v) is 4.04. The summed E-state index contributed by atoms with van der Waals surface area (Å²) in [6.45, 7) is 1.92. The monoisotopic (exact) mass is 284 g/mol. The van der Waals surface area contributed by atoms with Gasteiger partial charge < -0.3 is 9.72 Å². The second-order valence-electron chi connectivity index (χ2n) is 3.13. The summed E-state index contributed by atoms with van der Waals surface area (Å²) in [7, 11) is 0. The van der Waals surface area contributed by atoms with Crippen molar-refractivity contribution >= 4 is 33.1 Å². The Labute approximate surface area is 99.2 Å². The summed E-state index contributed by atoms with van der Waals surface area (Å²) < 4.78 is 6.57. The zero-order chi connectivity index (χ0) is 11.7. The summed E-state index contributed by atoms with van der Waals surface area (Å²) >= 11 is 3.28. The Balaban J connectivity index is 2.67. The van der Waals surface area contributed by atoms with Crippen LogP contribution in [0.25, 0.3) is 11.0 Å². The number of aromatic nitrogens is 2. The largest absolute Gasteiger partial charge is 0.449 e. The highest BCUT2D eigenvalue weighted by Crippen LogP contribution is 2.17. The van der Waals surface area contributed by atoms with Crippen molar-refractivity contribution in [2.75, 3.05) is 6.61 Å². The highest BCUT2D eigenvalue weighted by atomic mass is 79.9. The molecule has 1 N–H and O–H groups in total. The first-order valence-corrected chi connectivity index (χ1v) is 5.50. The molecule has 0 aliphatic heterocycles. The van der Waals surface area contributed by atoms with E-state index < -0.39 is 11.8 Å². The maximum Gasteiger partial charge on any atom is 0.422 e. The number of carbonyl (C=O) groups excluding carboxylic acids is 1. The van der Waals surface area contributed by atoms with Crippen molar-refractivity contribution < 1.29 is 9.53 Å². The van der Waals surface area contributed by atoms with Crippen molar-refractivity contribution in [1.29, 1.82) is 0 Å². The lowest BCUT2D eigenvalue weighted by atomic mass is 10.3. The summed E-state index contributed by atoms with van der Waals surface area (Å²) in [5.74, 6) is 0. The molecule has 0 bridgehead atoms. The molecule has 0 amide bonds. The first kappa shape index (κ1) is 10.9. The van der Waals surface area contributed by atoms with Crippen LogP contribution in [0.3, 0.4) is 0 Å². The van der Waals surface area contributed by atoms with Gasteiger partial charge in [-0.25, -0.2) is 9.59 Å². The highest BCUT2D eigenvalue weighted by molar-refractivity contribution is 9.10. The minimum absolute atomic E-state index is 0.228. The Morgan fingerprint density at radius 2 is 2.31 bits per heavy atom. The number of nitrogens with zero attached hydrogens (tertiary/aromatic N) is 1. The Morgan fingerprint density at radius 3 is 3.00 bits per heavy atom. The average Bonchev–Trinajstić information content (AvgIpc) is 2.53. The van der Waals surface area contributed by atoms with Crippen molar-refractivity contribution in [3.05, 3.63) is 33.2 Å². The van der Waals surface area contributed by atoms with E-state index in [1.807, 2.05) is 0 Å².